The van der Waals surface area contributed by atoms with Gasteiger partial charge in [0.1, 0.15) is 10.7 Å². The van der Waals surface area contributed by atoms with Crippen molar-refractivity contribution in [1.82, 2.24) is 18.9 Å². The van der Waals surface area contributed by atoms with Gasteiger partial charge in [0.15, 0.2) is 9.50 Å². The fourth-order valence-electron chi connectivity index (χ4n) is 1.95. The highest BCUT2D eigenvalue weighted by Gasteiger charge is 2.16. The summed E-state index contributed by atoms with van der Waals surface area (Å²) in [5, 5.41) is 1.39. The van der Waals surface area contributed by atoms with Crippen molar-refractivity contribution in [2.24, 2.45) is 7.05 Å². The molecule has 0 aliphatic carbocycles. The van der Waals surface area contributed by atoms with E-state index in [-0.39, 0.29) is 5.56 Å². The monoisotopic (exact) mass is 338 g/mol. The number of hydrogen-bond donors (Lipinski definition) is 0. The van der Waals surface area contributed by atoms with Crippen molar-refractivity contribution in [3.05, 3.63) is 26.6 Å². The van der Waals surface area contributed by atoms with Gasteiger partial charge in [-0.1, -0.05) is 6.92 Å². The second-order valence-corrected chi connectivity index (χ2v) is 7.82. The maximum Gasteiger partial charge on any atom is 0.262 e. The van der Waals surface area contributed by atoms with Crippen LogP contribution < -0.4 is 5.56 Å². The summed E-state index contributed by atoms with van der Waals surface area (Å²) < 4.78 is 6.68. The number of aromatic nitrogens is 4. The summed E-state index contributed by atoms with van der Waals surface area (Å²) >= 11 is 4.31. The molecule has 0 atom stereocenters. The van der Waals surface area contributed by atoms with Gasteiger partial charge >= 0.3 is 0 Å². The molecule has 3 rings (SSSR count). The lowest BCUT2D eigenvalue weighted by Crippen LogP contribution is -2.19. The molecule has 0 radical (unpaired) electrons. The molecule has 0 amide bonds. The van der Waals surface area contributed by atoms with Crippen LogP contribution >= 0.6 is 34.6 Å². The summed E-state index contributed by atoms with van der Waals surface area (Å²) in [6.45, 7) is 6.02. The van der Waals surface area contributed by atoms with Gasteiger partial charge in [-0.3, -0.25) is 9.36 Å². The summed E-state index contributed by atoms with van der Waals surface area (Å²) in [5.41, 5.74) is 1.04. The van der Waals surface area contributed by atoms with Crippen molar-refractivity contribution in [2.45, 2.75) is 36.7 Å². The zero-order valence-corrected chi connectivity index (χ0v) is 14.6. The molecule has 21 heavy (non-hydrogen) atoms. The van der Waals surface area contributed by atoms with E-state index in [9.17, 15) is 4.79 Å². The summed E-state index contributed by atoms with van der Waals surface area (Å²) in [7, 11) is 1.76. The lowest BCUT2D eigenvalue weighted by Gasteiger charge is -2.04. The van der Waals surface area contributed by atoms with E-state index in [1.807, 2.05) is 20.8 Å². The molecule has 3 aromatic heterocycles. The van der Waals surface area contributed by atoms with Crippen LogP contribution in [-0.2, 0) is 13.5 Å². The first-order valence-corrected chi connectivity index (χ1v) is 8.89. The molecule has 8 heteroatoms. The van der Waals surface area contributed by atoms with E-state index in [4.69, 9.17) is 0 Å². The predicted molar refractivity (Wildman–Crippen MR) is 87.7 cm³/mol. The molecule has 0 saturated carbocycles. The molecule has 0 aliphatic rings. The Morgan fingerprint density at radius 1 is 1.29 bits per heavy atom. The Labute approximate surface area is 134 Å². The molecule has 0 fully saturated rings. The molecule has 0 N–H and O–H groups in total. The Morgan fingerprint density at radius 3 is 2.71 bits per heavy atom. The normalized spacial score (nSPS) is 11.4. The van der Waals surface area contributed by atoms with Crippen LogP contribution in [0.25, 0.3) is 10.2 Å². The summed E-state index contributed by atoms with van der Waals surface area (Å²) in [5.74, 6) is 0.830. The van der Waals surface area contributed by atoms with Gasteiger partial charge in [-0.15, -0.1) is 11.3 Å². The van der Waals surface area contributed by atoms with Gasteiger partial charge in [-0.05, 0) is 42.7 Å². The van der Waals surface area contributed by atoms with E-state index in [1.165, 1.54) is 23.3 Å². The highest BCUT2D eigenvalue weighted by atomic mass is 32.2. The van der Waals surface area contributed by atoms with Crippen LogP contribution in [0.2, 0.25) is 0 Å². The van der Waals surface area contributed by atoms with E-state index in [0.717, 1.165) is 37.2 Å². The van der Waals surface area contributed by atoms with Gasteiger partial charge in [0.2, 0.25) is 0 Å². The highest BCUT2D eigenvalue weighted by Crippen LogP contribution is 2.31. The SMILES string of the molecule is CCc1nsc(Sc2nc3sc(C)c(C)c3c(=O)n2C)n1. The third-order valence-corrected chi connectivity index (χ3v) is 6.25. The Hall–Kier alpha value is -1.25. The lowest BCUT2D eigenvalue weighted by molar-refractivity contribution is 0.727. The molecule has 0 bridgehead atoms. The average Bonchev–Trinajstić information content (AvgIpc) is 3.02. The minimum Gasteiger partial charge on any atom is -0.290 e. The van der Waals surface area contributed by atoms with E-state index in [1.54, 1.807) is 23.0 Å². The van der Waals surface area contributed by atoms with Crippen molar-refractivity contribution < 1.29 is 0 Å². The zero-order chi connectivity index (χ0) is 15.1. The van der Waals surface area contributed by atoms with E-state index < -0.39 is 0 Å². The minimum atomic E-state index is 0.00424. The van der Waals surface area contributed by atoms with Crippen molar-refractivity contribution in [1.29, 1.82) is 0 Å². The molecule has 0 saturated heterocycles. The van der Waals surface area contributed by atoms with Crippen molar-refractivity contribution in [2.75, 3.05) is 0 Å². The third kappa shape index (κ3) is 2.51. The Bertz CT molecular complexity index is 878. The Balaban J connectivity index is 2.10. The van der Waals surface area contributed by atoms with Gasteiger partial charge in [-0.25, -0.2) is 9.97 Å². The smallest absolute Gasteiger partial charge is 0.262 e. The van der Waals surface area contributed by atoms with Gasteiger partial charge < -0.3 is 0 Å². The van der Waals surface area contributed by atoms with Crippen LogP contribution in [0.15, 0.2) is 14.3 Å². The standard InChI is InChI=1S/C13H14N4OS3/c1-5-8-14-13(21-16-8)20-12-15-10-9(11(18)17(12)4)6(2)7(3)19-10/h5H2,1-4H3. The maximum absolute atomic E-state index is 12.5. The van der Waals surface area contributed by atoms with Crippen molar-refractivity contribution >= 4 is 44.8 Å². The number of thiophene rings is 1. The first-order valence-electron chi connectivity index (χ1n) is 6.48. The zero-order valence-electron chi connectivity index (χ0n) is 12.1. The summed E-state index contributed by atoms with van der Waals surface area (Å²) in [6, 6.07) is 0. The van der Waals surface area contributed by atoms with E-state index >= 15 is 0 Å². The highest BCUT2D eigenvalue weighted by molar-refractivity contribution is 8.00. The molecule has 0 unspecified atom stereocenters. The van der Waals surface area contributed by atoms with E-state index in [2.05, 4.69) is 14.3 Å². The van der Waals surface area contributed by atoms with Crippen LogP contribution in [0.1, 0.15) is 23.2 Å². The van der Waals surface area contributed by atoms with E-state index in [0.29, 0.717) is 5.16 Å². The number of rotatable bonds is 3. The molecule has 3 aromatic rings. The molecule has 0 aliphatic heterocycles. The first kappa shape index (κ1) is 14.7. The van der Waals surface area contributed by atoms with Gasteiger partial charge in [0.05, 0.1) is 5.39 Å². The lowest BCUT2D eigenvalue weighted by atomic mass is 10.2. The molecule has 0 aromatic carbocycles. The van der Waals surface area contributed by atoms with Crippen LogP contribution in [-0.4, -0.2) is 18.9 Å². The molecular weight excluding hydrogens is 324 g/mol. The van der Waals surface area contributed by atoms with Gasteiger partial charge in [0, 0.05) is 18.3 Å². The quantitative estimate of drug-likeness (QED) is 0.687. The minimum absolute atomic E-state index is 0.00424. The number of fused-ring (bicyclic) bond motifs is 1. The average molecular weight is 338 g/mol. The van der Waals surface area contributed by atoms with Crippen molar-refractivity contribution in [3.63, 3.8) is 0 Å². The second kappa shape index (κ2) is 5.51. The topological polar surface area (TPSA) is 60.7 Å². The van der Waals surface area contributed by atoms with Crippen LogP contribution in [0.5, 0.6) is 0 Å². The summed E-state index contributed by atoms with van der Waals surface area (Å²) in [4.78, 5) is 23.5. The Kier molecular flexibility index (Phi) is 3.85. The number of aryl methyl sites for hydroxylation is 3. The fourth-order valence-corrected chi connectivity index (χ4v) is 4.67. The molecule has 0 spiro atoms. The van der Waals surface area contributed by atoms with Crippen LogP contribution in [0.3, 0.4) is 0 Å². The van der Waals surface area contributed by atoms with Gasteiger partial charge in [-0.2, -0.15) is 4.37 Å². The maximum atomic E-state index is 12.5. The van der Waals surface area contributed by atoms with Crippen LogP contribution in [0.4, 0.5) is 0 Å². The molecule has 110 valence electrons. The molecular formula is C13H14N4OS3. The largest absolute Gasteiger partial charge is 0.290 e. The van der Waals surface area contributed by atoms with Gasteiger partial charge in [0.25, 0.3) is 5.56 Å². The third-order valence-electron chi connectivity index (χ3n) is 3.31. The Morgan fingerprint density at radius 2 is 2.05 bits per heavy atom. The first-order chi connectivity index (χ1) is 10.0. The fraction of sp³-hybridized carbons (Fsp3) is 0.385. The predicted octanol–water partition coefficient (Wildman–Crippen LogP) is 3.18. The number of nitrogens with zero attached hydrogens (tertiary/aromatic N) is 4. The second-order valence-electron chi connectivity index (χ2n) is 4.65. The number of hydrogen-bond acceptors (Lipinski definition) is 7. The van der Waals surface area contributed by atoms with Crippen molar-refractivity contribution in [3.8, 4) is 0 Å². The summed E-state index contributed by atoms with van der Waals surface area (Å²) in [6.07, 6.45) is 0.811. The van der Waals surface area contributed by atoms with Crippen LogP contribution in [0, 0.1) is 13.8 Å². The molecule has 3 heterocycles. The molecule has 5 nitrogen and oxygen atoms in total.